The first kappa shape index (κ1) is 11.6. The number of aryl methyl sites for hydroxylation is 1. The van der Waals surface area contributed by atoms with Gasteiger partial charge in [-0.3, -0.25) is 9.58 Å². The Morgan fingerprint density at radius 1 is 1.62 bits per heavy atom. The van der Waals surface area contributed by atoms with Crippen molar-refractivity contribution in [3.8, 4) is 0 Å². The highest BCUT2D eigenvalue weighted by atomic mass is 15.3. The van der Waals surface area contributed by atoms with Crippen LogP contribution < -0.4 is 5.73 Å². The fraction of sp³-hybridized carbons (Fsp3) is 0.750. The van der Waals surface area contributed by atoms with Crippen molar-refractivity contribution in [2.24, 2.45) is 18.7 Å². The number of rotatable bonds is 5. The minimum absolute atomic E-state index is 0.392. The van der Waals surface area contributed by atoms with Crippen molar-refractivity contribution in [3.63, 3.8) is 0 Å². The lowest BCUT2D eigenvalue weighted by molar-refractivity contribution is 0.170. The van der Waals surface area contributed by atoms with E-state index in [9.17, 15) is 0 Å². The van der Waals surface area contributed by atoms with E-state index in [0.29, 0.717) is 12.1 Å². The molecule has 2 N–H and O–H groups in total. The first-order valence-electron chi connectivity index (χ1n) is 6.04. The molecule has 0 spiro atoms. The van der Waals surface area contributed by atoms with Gasteiger partial charge in [-0.25, -0.2) is 0 Å². The molecule has 0 aliphatic heterocycles. The quantitative estimate of drug-likeness (QED) is 0.813. The van der Waals surface area contributed by atoms with Gasteiger partial charge in [0.1, 0.15) is 0 Å². The van der Waals surface area contributed by atoms with E-state index in [1.54, 1.807) is 0 Å². The predicted octanol–water partition coefficient (Wildman–Crippen LogP) is 1.15. The van der Waals surface area contributed by atoms with Crippen LogP contribution in [0, 0.1) is 5.92 Å². The van der Waals surface area contributed by atoms with Gasteiger partial charge < -0.3 is 5.73 Å². The summed E-state index contributed by atoms with van der Waals surface area (Å²) in [5.74, 6) is 0.814. The number of likely N-dealkylation sites (N-methyl/N-ethyl adjacent to an activating group) is 1. The first-order chi connectivity index (χ1) is 7.63. The van der Waals surface area contributed by atoms with Crippen LogP contribution in [0.25, 0.3) is 0 Å². The van der Waals surface area contributed by atoms with E-state index in [1.165, 1.54) is 18.4 Å². The Bertz CT molecular complexity index is 343. The standard InChI is InChI=1S/C12H22N4/c1-9(11-7-14-15(2)8-11)16(3)12(6-13)10-4-5-10/h7-10,12H,4-6,13H2,1-3H3. The van der Waals surface area contributed by atoms with Crippen LogP contribution in [-0.4, -0.2) is 34.3 Å². The third-order valence-electron chi connectivity index (χ3n) is 3.75. The molecule has 0 amide bonds. The molecule has 1 heterocycles. The van der Waals surface area contributed by atoms with Crippen molar-refractivity contribution >= 4 is 0 Å². The second-order valence-corrected chi connectivity index (χ2v) is 4.93. The lowest BCUT2D eigenvalue weighted by atomic mass is 10.1. The molecule has 0 saturated heterocycles. The number of nitrogens with two attached hydrogens (primary N) is 1. The molecule has 4 nitrogen and oxygen atoms in total. The average Bonchev–Trinajstić information content (AvgIpc) is 3.00. The highest BCUT2D eigenvalue weighted by Gasteiger charge is 2.34. The molecule has 1 saturated carbocycles. The van der Waals surface area contributed by atoms with Crippen molar-refractivity contribution in [3.05, 3.63) is 18.0 Å². The summed E-state index contributed by atoms with van der Waals surface area (Å²) in [5.41, 5.74) is 7.14. The molecule has 0 aromatic carbocycles. The van der Waals surface area contributed by atoms with E-state index >= 15 is 0 Å². The zero-order valence-electron chi connectivity index (χ0n) is 10.4. The molecule has 2 rings (SSSR count). The summed E-state index contributed by atoms with van der Waals surface area (Å²) >= 11 is 0. The highest BCUT2D eigenvalue weighted by Crippen LogP contribution is 2.37. The fourth-order valence-corrected chi connectivity index (χ4v) is 2.35. The van der Waals surface area contributed by atoms with Gasteiger partial charge in [0.15, 0.2) is 0 Å². The molecule has 1 aromatic rings. The number of nitrogens with zero attached hydrogens (tertiary/aromatic N) is 3. The van der Waals surface area contributed by atoms with Crippen molar-refractivity contribution in [1.29, 1.82) is 0 Å². The predicted molar refractivity (Wildman–Crippen MR) is 65.0 cm³/mol. The van der Waals surface area contributed by atoms with Crippen LogP contribution in [0.2, 0.25) is 0 Å². The second-order valence-electron chi connectivity index (χ2n) is 4.93. The van der Waals surface area contributed by atoms with Gasteiger partial charge in [0.2, 0.25) is 0 Å². The Kier molecular flexibility index (Phi) is 3.30. The lowest BCUT2D eigenvalue weighted by Gasteiger charge is -2.32. The summed E-state index contributed by atoms with van der Waals surface area (Å²) < 4.78 is 1.86. The largest absolute Gasteiger partial charge is 0.329 e. The molecular weight excluding hydrogens is 200 g/mol. The topological polar surface area (TPSA) is 47.1 Å². The third-order valence-corrected chi connectivity index (χ3v) is 3.75. The molecule has 16 heavy (non-hydrogen) atoms. The third kappa shape index (κ3) is 2.28. The van der Waals surface area contributed by atoms with Gasteiger partial charge >= 0.3 is 0 Å². The molecule has 0 radical (unpaired) electrons. The van der Waals surface area contributed by atoms with Gasteiger partial charge in [-0.05, 0) is 32.7 Å². The maximum atomic E-state index is 5.87. The number of hydrogen-bond donors (Lipinski definition) is 1. The molecule has 2 atom stereocenters. The summed E-state index contributed by atoms with van der Waals surface area (Å²) in [4.78, 5) is 2.40. The van der Waals surface area contributed by atoms with E-state index in [-0.39, 0.29) is 0 Å². The smallest absolute Gasteiger partial charge is 0.0537 e. The van der Waals surface area contributed by atoms with Gasteiger partial charge in [0.25, 0.3) is 0 Å². The minimum Gasteiger partial charge on any atom is -0.329 e. The van der Waals surface area contributed by atoms with Gasteiger partial charge in [0.05, 0.1) is 6.20 Å². The maximum absolute atomic E-state index is 5.87. The molecule has 1 aromatic heterocycles. The molecule has 1 aliphatic rings. The number of hydrogen-bond acceptors (Lipinski definition) is 3. The van der Waals surface area contributed by atoms with Crippen LogP contribution in [0.5, 0.6) is 0 Å². The molecule has 90 valence electrons. The Hall–Kier alpha value is -0.870. The Morgan fingerprint density at radius 3 is 2.75 bits per heavy atom. The van der Waals surface area contributed by atoms with E-state index in [4.69, 9.17) is 5.73 Å². The SMILES string of the molecule is CC(c1cnn(C)c1)N(C)C(CN)C1CC1. The maximum Gasteiger partial charge on any atom is 0.0537 e. The average molecular weight is 222 g/mol. The normalized spacial score (nSPS) is 20.1. The Balaban J connectivity index is 2.05. The van der Waals surface area contributed by atoms with E-state index in [2.05, 4.69) is 30.2 Å². The van der Waals surface area contributed by atoms with E-state index in [0.717, 1.165) is 12.5 Å². The number of aromatic nitrogens is 2. The highest BCUT2D eigenvalue weighted by molar-refractivity contribution is 5.10. The molecule has 0 bridgehead atoms. The van der Waals surface area contributed by atoms with Crippen LogP contribution in [0.1, 0.15) is 31.4 Å². The summed E-state index contributed by atoms with van der Waals surface area (Å²) in [6.07, 6.45) is 6.71. The van der Waals surface area contributed by atoms with Crippen LogP contribution in [0.3, 0.4) is 0 Å². The van der Waals surface area contributed by atoms with Crippen molar-refractivity contribution in [2.75, 3.05) is 13.6 Å². The van der Waals surface area contributed by atoms with Crippen LogP contribution in [-0.2, 0) is 7.05 Å². The summed E-state index contributed by atoms with van der Waals surface area (Å²) in [5, 5.41) is 4.22. The lowest BCUT2D eigenvalue weighted by Crippen LogP contribution is -2.40. The van der Waals surface area contributed by atoms with Crippen LogP contribution in [0.15, 0.2) is 12.4 Å². The van der Waals surface area contributed by atoms with Gasteiger partial charge in [-0.15, -0.1) is 0 Å². The summed E-state index contributed by atoms with van der Waals surface area (Å²) in [7, 11) is 4.13. The van der Waals surface area contributed by atoms with Gasteiger partial charge in [0, 0.05) is 37.4 Å². The Morgan fingerprint density at radius 2 is 2.31 bits per heavy atom. The zero-order valence-corrected chi connectivity index (χ0v) is 10.4. The monoisotopic (exact) mass is 222 g/mol. The minimum atomic E-state index is 0.392. The zero-order chi connectivity index (χ0) is 11.7. The molecule has 4 heteroatoms. The Labute approximate surface area is 97.4 Å². The van der Waals surface area contributed by atoms with Crippen LogP contribution in [0.4, 0.5) is 0 Å². The summed E-state index contributed by atoms with van der Waals surface area (Å²) in [6, 6.07) is 0.915. The first-order valence-corrected chi connectivity index (χ1v) is 6.04. The molecule has 1 fully saturated rings. The van der Waals surface area contributed by atoms with Crippen molar-refractivity contribution in [1.82, 2.24) is 14.7 Å². The summed E-state index contributed by atoms with van der Waals surface area (Å²) in [6.45, 7) is 2.98. The van der Waals surface area contributed by atoms with Crippen LogP contribution >= 0.6 is 0 Å². The molecule has 1 aliphatic carbocycles. The molecule has 2 unspecified atom stereocenters. The fourth-order valence-electron chi connectivity index (χ4n) is 2.35. The van der Waals surface area contributed by atoms with Crippen molar-refractivity contribution < 1.29 is 0 Å². The van der Waals surface area contributed by atoms with Gasteiger partial charge in [-0.1, -0.05) is 0 Å². The molecular formula is C12H22N4. The van der Waals surface area contributed by atoms with Gasteiger partial charge in [-0.2, -0.15) is 5.10 Å². The second kappa shape index (κ2) is 4.55. The van der Waals surface area contributed by atoms with E-state index < -0.39 is 0 Å². The van der Waals surface area contributed by atoms with Crippen molar-refractivity contribution in [2.45, 2.75) is 31.8 Å². The van der Waals surface area contributed by atoms with E-state index in [1.807, 2.05) is 17.9 Å².